The Hall–Kier alpha value is -2.53. The summed E-state index contributed by atoms with van der Waals surface area (Å²) in [5.41, 5.74) is 0.961. The highest BCUT2D eigenvalue weighted by Crippen LogP contribution is 2.16. The molecule has 2 aromatic rings. The SMILES string of the molecule is COc1ccccc1CNC(=O)CN(C)CCOc1ccccc1. The van der Waals surface area contributed by atoms with E-state index in [1.165, 1.54) is 0 Å². The third-order valence-corrected chi connectivity index (χ3v) is 3.57. The van der Waals surface area contributed by atoms with E-state index < -0.39 is 0 Å². The van der Waals surface area contributed by atoms with Crippen LogP contribution in [0.25, 0.3) is 0 Å². The zero-order chi connectivity index (χ0) is 17.2. The molecule has 0 saturated heterocycles. The number of para-hydroxylation sites is 2. The van der Waals surface area contributed by atoms with Crippen molar-refractivity contribution in [2.24, 2.45) is 0 Å². The van der Waals surface area contributed by atoms with Gasteiger partial charge in [-0.25, -0.2) is 0 Å². The number of benzene rings is 2. The Morgan fingerprint density at radius 2 is 1.79 bits per heavy atom. The monoisotopic (exact) mass is 328 g/mol. The van der Waals surface area contributed by atoms with E-state index in [4.69, 9.17) is 9.47 Å². The van der Waals surface area contributed by atoms with E-state index in [9.17, 15) is 4.79 Å². The number of methoxy groups -OCH3 is 1. The van der Waals surface area contributed by atoms with Crippen molar-refractivity contribution in [1.29, 1.82) is 0 Å². The second-order valence-corrected chi connectivity index (χ2v) is 5.49. The third-order valence-electron chi connectivity index (χ3n) is 3.57. The number of likely N-dealkylation sites (N-methyl/N-ethyl adjacent to an activating group) is 1. The first-order chi connectivity index (χ1) is 11.7. The highest BCUT2D eigenvalue weighted by atomic mass is 16.5. The molecular formula is C19H24N2O3. The van der Waals surface area contributed by atoms with Gasteiger partial charge in [-0.05, 0) is 25.2 Å². The molecule has 0 spiro atoms. The lowest BCUT2D eigenvalue weighted by molar-refractivity contribution is -0.122. The highest BCUT2D eigenvalue weighted by Gasteiger charge is 2.08. The van der Waals surface area contributed by atoms with E-state index >= 15 is 0 Å². The number of carbonyl (C=O) groups excluding carboxylic acids is 1. The molecule has 0 aliphatic carbocycles. The minimum absolute atomic E-state index is 0.0249. The van der Waals surface area contributed by atoms with E-state index in [1.807, 2.05) is 66.5 Å². The number of nitrogens with zero attached hydrogens (tertiary/aromatic N) is 1. The van der Waals surface area contributed by atoms with Gasteiger partial charge in [0.15, 0.2) is 0 Å². The second-order valence-electron chi connectivity index (χ2n) is 5.49. The van der Waals surface area contributed by atoms with Gasteiger partial charge in [0.25, 0.3) is 0 Å². The van der Waals surface area contributed by atoms with Gasteiger partial charge in [0.1, 0.15) is 18.1 Å². The van der Waals surface area contributed by atoms with Gasteiger partial charge in [-0.15, -0.1) is 0 Å². The molecule has 0 aliphatic heterocycles. The van der Waals surface area contributed by atoms with Crippen molar-refractivity contribution in [2.75, 3.05) is 33.9 Å². The van der Waals surface area contributed by atoms with Crippen molar-refractivity contribution in [1.82, 2.24) is 10.2 Å². The fraction of sp³-hybridized carbons (Fsp3) is 0.316. The van der Waals surface area contributed by atoms with Crippen LogP contribution in [0.1, 0.15) is 5.56 Å². The maximum Gasteiger partial charge on any atom is 0.234 e. The third kappa shape index (κ3) is 5.93. The summed E-state index contributed by atoms with van der Waals surface area (Å²) in [4.78, 5) is 14.0. The van der Waals surface area contributed by atoms with E-state index in [2.05, 4.69) is 5.32 Å². The van der Waals surface area contributed by atoms with Crippen molar-refractivity contribution >= 4 is 5.91 Å². The minimum atomic E-state index is -0.0249. The highest BCUT2D eigenvalue weighted by molar-refractivity contribution is 5.78. The largest absolute Gasteiger partial charge is 0.496 e. The van der Waals surface area contributed by atoms with E-state index in [0.29, 0.717) is 26.2 Å². The quantitative estimate of drug-likeness (QED) is 0.767. The van der Waals surface area contributed by atoms with Crippen LogP contribution in [0.5, 0.6) is 11.5 Å². The fourth-order valence-electron chi connectivity index (χ4n) is 2.26. The number of nitrogens with one attached hydrogen (secondary N) is 1. The number of hydrogen-bond donors (Lipinski definition) is 1. The summed E-state index contributed by atoms with van der Waals surface area (Å²) in [5, 5.41) is 2.91. The minimum Gasteiger partial charge on any atom is -0.496 e. The van der Waals surface area contributed by atoms with Crippen LogP contribution in [0.4, 0.5) is 0 Å². The molecule has 2 rings (SSSR count). The molecule has 1 N–H and O–H groups in total. The first-order valence-corrected chi connectivity index (χ1v) is 7.94. The van der Waals surface area contributed by atoms with Crippen LogP contribution in [0.3, 0.4) is 0 Å². The fourth-order valence-corrected chi connectivity index (χ4v) is 2.26. The Kier molecular flexibility index (Phi) is 7.11. The first-order valence-electron chi connectivity index (χ1n) is 7.94. The smallest absolute Gasteiger partial charge is 0.234 e. The Morgan fingerprint density at radius 1 is 1.08 bits per heavy atom. The van der Waals surface area contributed by atoms with Gasteiger partial charge in [0, 0.05) is 18.7 Å². The molecule has 0 fully saturated rings. The molecule has 5 heteroatoms. The molecule has 0 bridgehead atoms. The molecule has 2 aromatic carbocycles. The average molecular weight is 328 g/mol. The normalized spacial score (nSPS) is 10.5. The maximum atomic E-state index is 12.0. The summed E-state index contributed by atoms with van der Waals surface area (Å²) in [5.74, 6) is 1.59. The summed E-state index contributed by atoms with van der Waals surface area (Å²) in [6, 6.07) is 17.3. The summed E-state index contributed by atoms with van der Waals surface area (Å²) in [6.45, 7) is 2.00. The molecular weight excluding hydrogens is 304 g/mol. The van der Waals surface area contributed by atoms with Crippen LogP contribution in [0.15, 0.2) is 54.6 Å². The Labute approximate surface area is 143 Å². The van der Waals surface area contributed by atoms with Gasteiger partial charge in [-0.2, -0.15) is 0 Å². The van der Waals surface area contributed by atoms with Gasteiger partial charge >= 0.3 is 0 Å². The predicted octanol–water partition coefficient (Wildman–Crippen LogP) is 2.32. The molecule has 0 aliphatic rings. The Bertz CT molecular complexity index is 632. The molecule has 128 valence electrons. The molecule has 24 heavy (non-hydrogen) atoms. The first kappa shape index (κ1) is 17.8. The van der Waals surface area contributed by atoms with Gasteiger partial charge in [0.05, 0.1) is 13.7 Å². The summed E-state index contributed by atoms with van der Waals surface area (Å²) in [7, 11) is 3.53. The van der Waals surface area contributed by atoms with E-state index in [0.717, 1.165) is 17.1 Å². The zero-order valence-corrected chi connectivity index (χ0v) is 14.2. The lowest BCUT2D eigenvalue weighted by atomic mass is 10.2. The number of amides is 1. The Morgan fingerprint density at radius 3 is 2.54 bits per heavy atom. The van der Waals surface area contributed by atoms with Crippen LogP contribution in [-0.4, -0.2) is 44.7 Å². The summed E-state index contributed by atoms with van der Waals surface area (Å²) in [6.07, 6.45) is 0. The molecule has 0 saturated carbocycles. The van der Waals surface area contributed by atoms with E-state index in [-0.39, 0.29) is 5.91 Å². The molecule has 0 radical (unpaired) electrons. The van der Waals surface area contributed by atoms with Gasteiger partial charge in [-0.1, -0.05) is 36.4 Å². The molecule has 0 heterocycles. The number of carbonyl (C=O) groups is 1. The lowest BCUT2D eigenvalue weighted by Crippen LogP contribution is -2.36. The van der Waals surface area contributed by atoms with Crippen LogP contribution in [0.2, 0.25) is 0 Å². The van der Waals surface area contributed by atoms with Crippen LogP contribution in [-0.2, 0) is 11.3 Å². The maximum absolute atomic E-state index is 12.0. The average Bonchev–Trinajstić information content (AvgIpc) is 2.61. The standard InChI is InChI=1S/C19H24N2O3/c1-21(12-13-24-17-9-4-3-5-10-17)15-19(22)20-14-16-8-6-7-11-18(16)23-2/h3-11H,12-15H2,1-2H3,(H,20,22). The summed E-state index contributed by atoms with van der Waals surface area (Å²) < 4.78 is 10.9. The lowest BCUT2D eigenvalue weighted by Gasteiger charge is -2.17. The second kappa shape index (κ2) is 9.57. The molecule has 1 amide bonds. The van der Waals surface area contributed by atoms with Crippen molar-refractivity contribution < 1.29 is 14.3 Å². The van der Waals surface area contributed by atoms with Crippen molar-refractivity contribution in [3.63, 3.8) is 0 Å². The molecule has 0 atom stereocenters. The molecule has 0 unspecified atom stereocenters. The summed E-state index contributed by atoms with van der Waals surface area (Å²) >= 11 is 0. The van der Waals surface area contributed by atoms with Crippen molar-refractivity contribution in [2.45, 2.75) is 6.54 Å². The van der Waals surface area contributed by atoms with Crippen LogP contribution < -0.4 is 14.8 Å². The topological polar surface area (TPSA) is 50.8 Å². The predicted molar refractivity (Wildman–Crippen MR) is 94.3 cm³/mol. The number of hydrogen-bond acceptors (Lipinski definition) is 4. The molecule has 0 aromatic heterocycles. The van der Waals surface area contributed by atoms with Crippen molar-refractivity contribution in [3.8, 4) is 11.5 Å². The van der Waals surface area contributed by atoms with Crippen LogP contribution in [0, 0.1) is 0 Å². The van der Waals surface area contributed by atoms with Crippen molar-refractivity contribution in [3.05, 3.63) is 60.2 Å². The van der Waals surface area contributed by atoms with Crippen LogP contribution >= 0.6 is 0 Å². The van der Waals surface area contributed by atoms with Gasteiger partial charge in [-0.3, -0.25) is 9.69 Å². The Balaban J connectivity index is 1.68. The number of rotatable bonds is 9. The molecule has 5 nitrogen and oxygen atoms in total. The number of ether oxygens (including phenoxy) is 2. The van der Waals surface area contributed by atoms with E-state index in [1.54, 1.807) is 7.11 Å². The van der Waals surface area contributed by atoms with Gasteiger partial charge in [0.2, 0.25) is 5.91 Å². The van der Waals surface area contributed by atoms with Gasteiger partial charge < -0.3 is 14.8 Å². The zero-order valence-electron chi connectivity index (χ0n) is 14.2.